The van der Waals surface area contributed by atoms with Crippen LogP contribution in [0.15, 0.2) is 18.6 Å². The molecular formula is C11H19N3O. The van der Waals surface area contributed by atoms with E-state index in [1.807, 2.05) is 0 Å². The van der Waals surface area contributed by atoms with Crippen LogP contribution in [0.5, 0.6) is 0 Å². The van der Waals surface area contributed by atoms with Gasteiger partial charge in [-0.1, -0.05) is 13.8 Å². The fraction of sp³-hybridized carbons (Fsp3) is 0.636. The fourth-order valence-electron chi connectivity index (χ4n) is 1.85. The Morgan fingerprint density at radius 1 is 1.40 bits per heavy atom. The maximum absolute atomic E-state index is 6.18. The molecule has 4 heteroatoms. The van der Waals surface area contributed by atoms with Crippen LogP contribution >= 0.6 is 0 Å². The highest BCUT2D eigenvalue weighted by Gasteiger charge is 2.35. The first kappa shape index (κ1) is 12.1. The van der Waals surface area contributed by atoms with Gasteiger partial charge in [0.25, 0.3) is 0 Å². The van der Waals surface area contributed by atoms with E-state index in [0.29, 0.717) is 0 Å². The second-order valence-corrected chi connectivity index (χ2v) is 3.58. The SMILES string of the molecule is CCC(CC)(OC)C(N)c1cnccn1. The summed E-state index contributed by atoms with van der Waals surface area (Å²) in [7, 11) is 1.70. The molecule has 0 aliphatic heterocycles. The number of hydrogen-bond donors (Lipinski definition) is 1. The predicted octanol–water partition coefficient (Wildman–Crippen LogP) is 1.68. The molecule has 2 N–H and O–H groups in total. The second-order valence-electron chi connectivity index (χ2n) is 3.58. The monoisotopic (exact) mass is 209 g/mol. The van der Waals surface area contributed by atoms with Crippen molar-refractivity contribution < 1.29 is 4.74 Å². The third-order valence-corrected chi connectivity index (χ3v) is 3.07. The van der Waals surface area contributed by atoms with Crippen LogP contribution in [-0.2, 0) is 4.74 Å². The minimum atomic E-state index is -0.337. The summed E-state index contributed by atoms with van der Waals surface area (Å²) in [6.07, 6.45) is 6.71. The number of methoxy groups -OCH3 is 1. The highest BCUT2D eigenvalue weighted by molar-refractivity contribution is 5.08. The number of aromatic nitrogens is 2. The first-order chi connectivity index (χ1) is 7.20. The Bertz CT molecular complexity index is 277. The highest BCUT2D eigenvalue weighted by Crippen LogP contribution is 2.31. The molecule has 0 saturated heterocycles. The molecule has 1 rings (SSSR count). The van der Waals surface area contributed by atoms with E-state index < -0.39 is 0 Å². The first-order valence-corrected chi connectivity index (χ1v) is 5.26. The van der Waals surface area contributed by atoms with Gasteiger partial charge in [-0.05, 0) is 12.8 Å². The van der Waals surface area contributed by atoms with Gasteiger partial charge >= 0.3 is 0 Å². The van der Waals surface area contributed by atoms with Gasteiger partial charge in [-0.2, -0.15) is 0 Å². The van der Waals surface area contributed by atoms with Crippen LogP contribution in [0.1, 0.15) is 38.4 Å². The minimum absolute atomic E-state index is 0.230. The van der Waals surface area contributed by atoms with Crippen LogP contribution < -0.4 is 5.73 Å². The summed E-state index contributed by atoms with van der Waals surface area (Å²) in [6, 6.07) is -0.230. The summed E-state index contributed by atoms with van der Waals surface area (Å²) in [6.45, 7) is 4.15. The van der Waals surface area contributed by atoms with Gasteiger partial charge < -0.3 is 10.5 Å². The van der Waals surface area contributed by atoms with E-state index in [4.69, 9.17) is 10.5 Å². The Balaban J connectivity index is 2.95. The van der Waals surface area contributed by atoms with E-state index in [2.05, 4.69) is 23.8 Å². The maximum Gasteiger partial charge on any atom is 0.0881 e. The lowest BCUT2D eigenvalue weighted by atomic mass is 9.87. The molecule has 1 atom stereocenters. The average Bonchev–Trinajstić information content (AvgIpc) is 2.33. The van der Waals surface area contributed by atoms with Crippen LogP contribution in [0, 0.1) is 0 Å². The molecule has 84 valence electrons. The zero-order valence-electron chi connectivity index (χ0n) is 9.60. The van der Waals surface area contributed by atoms with Crippen molar-refractivity contribution in [3.8, 4) is 0 Å². The molecule has 0 fully saturated rings. The quantitative estimate of drug-likeness (QED) is 0.801. The van der Waals surface area contributed by atoms with E-state index in [1.54, 1.807) is 25.7 Å². The largest absolute Gasteiger partial charge is 0.376 e. The summed E-state index contributed by atoms with van der Waals surface area (Å²) >= 11 is 0. The van der Waals surface area contributed by atoms with Crippen molar-refractivity contribution in [3.63, 3.8) is 0 Å². The van der Waals surface area contributed by atoms with Gasteiger partial charge in [-0.3, -0.25) is 9.97 Å². The molecule has 1 unspecified atom stereocenters. The third-order valence-electron chi connectivity index (χ3n) is 3.07. The molecule has 1 aromatic rings. The van der Waals surface area contributed by atoms with Crippen LogP contribution in [0.2, 0.25) is 0 Å². The van der Waals surface area contributed by atoms with E-state index in [0.717, 1.165) is 18.5 Å². The van der Waals surface area contributed by atoms with Gasteiger partial charge in [0.2, 0.25) is 0 Å². The van der Waals surface area contributed by atoms with Gasteiger partial charge in [0.05, 0.1) is 23.5 Å². The lowest BCUT2D eigenvalue weighted by Crippen LogP contribution is -2.42. The van der Waals surface area contributed by atoms with E-state index in [9.17, 15) is 0 Å². The normalized spacial score (nSPS) is 13.9. The maximum atomic E-state index is 6.18. The third kappa shape index (κ3) is 2.33. The smallest absolute Gasteiger partial charge is 0.0881 e. The van der Waals surface area contributed by atoms with Gasteiger partial charge in [0.15, 0.2) is 0 Å². The Hall–Kier alpha value is -1.00. The van der Waals surface area contributed by atoms with Gasteiger partial charge in [-0.25, -0.2) is 0 Å². The van der Waals surface area contributed by atoms with Crippen molar-refractivity contribution in [2.75, 3.05) is 7.11 Å². The van der Waals surface area contributed by atoms with Crippen molar-refractivity contribution in [1.82, 2.24) is 9.97 Å². The van der Waals surface area contributed by atoms with Crippen molar-refractivity contribution in [1.29, 1.82) is 0 Å². The van der Waals surface area contributed by atoms with Crippen LogP contribution in [-0.4, -0.2) is 22.7 Å². The number of ether oxygens (including phenoxy) is 1. The topological polar surface area (TPSA) is 61.0 Å². The lowest BCUT2D eigenvalue weighted by Gasteiger charge is -2.35. The molecule has 0 bridgehead atoms. The summed E-state index contributed by atoms with van der Waals surface area (Å²) in [5, 5.41) is 0. The van der Waals surface area contributed by atoms with Gasteiger partial charge in [-0.15, -0.1) is 0 Å². The molecule has 0 saturated carbocycles. The Labute approximate surface area is 90.9 Å². The molecule has 1 aromatic heterocycles. The van der Waals surface area contributed by atoms with Crippen molar-refractivity contribution in [2.24, 2.45) is 5.73 Å². The molecule has 0 amide bonds. The number of hydrogen-bond acceptors (Lipinski definition) is 4. The number of rotatable bonds is 5. The Morgan fingerprint density at radius 3 is 2.47 bits per heavy atom. The molecule has 4 nitrogen and oxygen atoms in total. The summed E-state index contributed by atoms with van der Waals surface area (Å²) in [4.78, 5) is 8.25. The average molecular weight is 209 g/mol. The fourth-order valence-corrected chi connectivity index (χ4v) is 1.85. The van der Waals surface area contributed by atoms with E-state index in [1.165, 1.54) is 0 Å². The molecule has 0 aliphatic carbocycles. The molecule has 0 spiro atoms. The summed E-state index contributed by atoms with van der Waals surface area (Å²) < 4.78 is 5.56. The van der Waals surface area contributed by atoms with Crippen molar-refractivity contribution in [2.45, 2.75) is 38.3 Å². The van der Waals surface area contributed by atoms with Crippen molar-refractivity contribution >= 4 is 0 Å². The second kappa shape index (κ2) is 5.19. The highest BCUT2D eigenvalue weighted by atomic mass is 16.5. The predicted molar refractivity (Wildman–Crippen MR) is 59.3 cm³/mol. The van der Waals surface area contributed by atoms with Crippen molar-refractivity contribution in [3.05, 3.63) is 24.3 Å². The number of nitrogens with zero attached hydrogens (tertiary/aromatic N) is 2. The molecule has 1 heterocycles. The van der Waals surface area contributed by atoms with Gasteiger partial charge in [0.1, 0.15) is 0 Å². The molecule has 0 aromatic carbocycles. The zero-order valence-corrected chi connectivity index (χ0v) is 9.60. The molecule has 0 aliphatic rings. The van der Waals surface area contributed by atoms with E-state index in [-0.39, 0.29) is 11.6 Å². The minimum Gasteiger partial charge on any atom is -0.376 e. The lowest BCUT2D eigenvalue weighted by molar-refractivity contribution is -0.0396. The van der Waals surface area contributed by atoms with E-state index >= 15 is 0 Å². The molecule has 15 heavy (non-hydrogen) atoms. The zero-order chi connectivity index (χ0) is 11.3. The standard InChI is InChI=1S/C11H19N3O/c1-4-11(5-2,15-3)10(12)9-8-13-6-7-14-9/h6-8,10H,4-5,12H2,1-3H3. The Kier molecular flexibility index (Phi) is 4.17. The van der Waals surface area contributed by atoms with Crippen LogP contribution in [0.4, 0.5) is 0 Å². The van der Waals surface area contributed by atoms with Crippen LogP contribution in [0.3, 0.4) is 0 Å². The molecule has 0 radical (unpaired) electrons. The number of nitrogens with two attached hydrogens (primary N) is 1. The van der Waals surface area contributed by atoms with Gasteiger partial charge in [0, 0.05) is 19.5 Å². The molecular weight excluding hydrogens is 190 g/mol. The van der Waals surface area contributed by atoms with Crippen LogP contribution in [0.25, 0.3) is 0 Å². The summed E-state index contributed by atoms with van der Waals surface area (Å²) in [5.41, 5.74) is 6.62. The Morgan fingerprint density at radius 2 is 2.07 bits per heavy atom. The summed E-state index contributed by atoms with van der Waals surface area (Å²) in [5.74, 6) is 0. The first-order valence-electron chi connectivity index (χ1n) is 5.26.